The summed E-state index contributed by atoms with van der Waals surface area (Å²) < 4.78 is 0. The van der Waals surface area contributed by atoms with Gasteiger partial charge >= 0.3 is 0 Å². The highest BCUT2D eigenvalue weighted by Crippen LogP contribution is 2.40. The number of imidazole rings is 1. The molecular formula is C26H27N3O3. The molecule has 2 aliphatic rings. The minimum atomic E-state index is -0.243. The molecule has 1 aromatic heterocycles. The Morgan fingerprint density at radius 1 is 1.25 bits per heavy atom. The predicted octanol–water partition coefficient (Wildman–Crippen LogP) is 3.93. The fourth-order valence-corrected chi connectivity index (χ4v) is 4.43. The van der Waals surface area contributed by atoms with Crippen LogP contribution in [0.2, 0.25) is 0 Å². The summed E-state index contributed by atoms with van der Waals surface area (Å²) in [6, 6.07) is 5.95. The summed E-state index contributed by atoms with van der Waals surface area (Å²) >= 11 is 0. The molecule has 0 atom stereocenters. The maximum atomic E-state index is 12.9. The van der Waals surface area contributed by atoms with Gasteiger partial charge in [-0.2, -0.15) is 0 Å². The van der Waals surface area contributed by atoms with Crippen molar-refractivity contribution in [1.29, 1.82) is 0 Å². The van der Waals surface area contributed by atoms with Gasteiger partial charge in [-0.05, 0) is 46.9 Å². The van der Waals surface area contributed by atoms with Crippen LogP contribution in [0.4, 0.5) is 0 Å². The molecule has 1 aliphatic carbocycles. The molecule has 164 valence electrons. The number of ketones is 1. The SMILES string of the molecule is C#Cc1cnc(C(=O)Cc2ccc(C3CC(=O)NC(=O)C3)cc2C2=CCC(C)(C)CC2)[nH]1. The second kappa shape index (κ2) is 8.58. The molecule has 32 heavy (non-hydrogen) atoms. The lowest BCUT2D eigenvalue weighted by Gasteiger charge is -2.30. The zero-order chi connectivity index (χ0) is 22.9. The molecule has 2 N–H and O–H groups in total. The van der Waals surface area contributed by atoms with E-state index in [4.69, 9.17) is 6.42 Å². The molecule has 2 heterocycles. The molecule has 6 heteroatoms. The van der Waals surface area contributed by atoms with Crippen molar-refractivity contribution in [3.05, 3.63) is 58.7 Å². The van der Waals surface area contributed by atoms with Crippen LogP contribution in [-0.2, 0) is 16.0 Å². The molecule has 0 bridgehead atoms. The lowest BCUT2D eigenvalue weighted by Crippen LogP contribution is -2.37. The monoisotopic (exact) mass is 429 g/mol. The number of nitrogens with zero attached hydrogens (tertiary/aromatic N) is 1. The minimum Gasteiger partial charge on any atom is -0.329 e. The molecule has 0 spiro atoms. The Morgan fingerprint density at radius 3 is 2.62 bits per heavy atom. The fraction of sp³-hybridized carbons (Fsp3) is 0.385. The Labute approximate surface area is 187 Å². The van der Waals surface area contributed by atoms with E-state index in [2.05, 4.69) is 47.2 Å². The number of rotatable bonds is 5. The van der Waals surface area contributed by atoms with Crippen LogP contribution in [0.5, 0.6) is 0 Å². The Balaban J connectivity index is 1.68. The lowest BCUT2D eigenvalue weighted by molar-refractivity contribution is -0.133. The van der Waals surface area contributed by atoms with E-state index in [0.29, 0.717) is 5.69 Å². The van der Waals surface area contributed by atoms with E-state index in [1.807, 2.05) is 12.1 Å². The normalized spacial score (nSPS) is 18.6. The third kappa shape index (κ3) is 4.72. The van der Waals surface area contributed by atoms with E-state index >= 15 is 0 Å². The molecule has 2 amide bonds. The molecule has 2 aromatic rings. The van der Waals surface area contributed by atoms with Gasteiger partial charge in [0.05, 0.1) is 6.20 Å². The zero-order valence-electron chi connectivity index (χ0n) is 18.5. The number of H-pyrrole nitrogens is 1. The third-order valence-corrected chi connectivity index (χ3v) is 6.41. The van der Waals surface area contributed by atoms with Crippen LogP contribution in [0.3, 0.4) is 0 Å². The Morgan fingerprint density at radius 2 is 2.00 bits per heavy atom. The van der Waals surface area contributed by atoms with Crippen LogP contribution in [0.25, 0.3) is 5.57 Å². The van der Waals surface area contributed by atoms with E-state index in [0.717, 1.165) is 36.0 Å². The maximum Gasteiger partial charge on any atom is 0.227 e. The number of allylic oxidation sites excluding steroid dienone is 2. The topological polar surface area (TPSA) is 91.9 Å². The average Bonchev–Trinajstić information content (AvgIpc) is 3.23. The number of Topliss-reactive ketones (excluding diaryl/α,β-unsaturated/α-hetero) is 1. The first-order valence-electron chi connectivity index (χ1n) is 10.9. The van der Waals surface area contributed by atoms with Crippen molar-refractivity contribution in [1.82, 2.24) is 15.3 Å². The molecule has 6 nitrogen and oxygen atoms in total. The van der Waals surface area contributed by atoms with Crippen LogP contribution >= 0.6 is 0 Å². The predicted molar refractivity (Wildman–Crippen MR) is 122 cm³/mol. The van der Waals surface area contributed by atoms with Gasteiger partial charge < -0.3 is 4.98 Å². The number of imide groups is 1. The van der Waals surface area contributed by atoms with Crippen LogP contribution < -0.4 is 5.32 Å². The summed E-state index contributed by atoms with van der Waals surface area (Å²) in [6.07, 6.45) is 12.8. The molecule has 4 rings (SSSR count). The summed E-state index contributed by atoms with van der Waals surface area (Å²) in [6.45, 7) is 4.51. The van der Waals surface area contributed by atoms with Gasteiger partial charge in [-0.3, -0.25) is 19.7 Å². The van der Waals surface area contributed by atoms with E-state index in [1.54, 1.807) is 0 Å². The maximum absolute atomic E-state index is 12.9. The van der Waals surface area contributed by atoms with Crippen molar-refractivity contribution in [2.24, 2.45) is 5.41 Å². The van der Waals surface area contributed by atoms with Gasteiger partial charge in [0.1, 0.15) is 5.69 Å². The first-order chi connectivity index (χ1) is 15.2. The second-order valence-corrected chi connectivity index (χ2v) is 9.48. The highest BCUT2D eigenvalue weighted by molar-refractivity contribution is 5.98. The summed E-state index contributed by atoms with van der Waals surface area (Å²) in [4.78, 5) is 43.7. The molecule has 0 radical (unpaired) electrons. The minimum absolute atomic E-state index is 0.135. The van der Waals surface area contributed by atoms with E-state index < -0.39 is 0 Å². The molecule has 1 fully saturated rings. The standard InChI is InChI=1S/C26H27N3O3/c1-4-20-15-27-25(28-20)22(30)12-18-6-5-17(19-13-23(31)29-24(32)14-19)11-21(18)16-7-9-26(2,3)10-8-16/h1,5-7,11,15,19H,8-10,12-14H2,2-3H3,(H,27,28)(H,29,31,32). The van der Waals surface area contributed by atoms with Gasteiger partial charge in [0.15, 0.2) is 5.82 Å². The first-order valence-corrected chi connectivity index (χ1v) is 10.9. The molecule has 0 unspecified atom stereocenters. The van der Waals surface area contributed by atoms with Crippen molar-refractivity contribution in [3.8, 4) is 12.3 Å². The highest BCUT2D eigenvalue weighted by Gasteiger charge is 2.28. The first kappa shape index (κ1) is 21.8. The summed E-state index contributed by atoms with van der Waals surface area (Å²) in [5.41, 5.74) is 4.83. The molecule has 0 saturated carbocycles. The summed E-state index contributed by atoms with van der Waals surface area (Å²) in [7, 11) is 0. The van der Waals surface area contributed by atoms with Crippen LogP contribution in [0.15, 0.2) is 30.5 Å². The van der Waals surface area contributed by atoms with Crippen molar-refractivity contribution in [2.75, 3.05) is 0 Å². The number of carbonyl (C=O) groups excluding carboxylic acids is 3. The zero-order valence-corrected chi connectivity index (χ0v) is 18.5. The van der Waals surface area contributed by atoms with Crippen LogP contribution in [-0.4, -0.2) is 27.6 Å². The van der Waals surface area contributed by atoms with Crippen molar-refractivity contribution < 1.29 is 14.4 Å². The Hall–Kier alpha value is -3.46. The smallest absolute Gasteiger partial charge is 0.227 e. The Kier molecular flexibility index (Phi) is 5.84. The van der Waals surface area contributed by atoms with Gasteiger partial charge in [0.2, 0.25) is 17.6 Å². The number of aromatic amines is 1. The van der Waals surface area contributed by atoms with Gasteiger partial charge in [0.25, 0.3) is 0 Å². The number of hydrogen-bond donors (Lipinski definition) is 2. The third-order valence-electron chi connectivity index (χ3n) is 6.41. The summed E-state index contributed by atoms with van der Waals surface area (Å²) in [5.74, 6) is 1.93. The van der Waals surface area contributed by atoms with Gasteiger partial charge in [-0.15, -0.1) is 6.42 Å². The van der Waals surface area contributed by atoms with E-state index in [9.17, 15) is 14.4 Å². The van der Waals surface area contributed by atoms with Gasteiger partial charge in [-0.1, -0.05) is 44.0 Å². The average molecular weight is 430 g/mol. The van der Waals surface area contributed by atoms with Crippen molar-refractivity contribution in [3.63, 3.8) is 0 Å². The van der Waals surface area contributed by atoms with Gasteiger partial charge in [-0.25, -0.2) is 4.98 Å². The molecule has 1 aromatic carbocycles. The van der Waals surface area contributed by atoms with Crippen molar-refractivity contribution >= 4 is 23.2 Å². The lowest BCUT2D eigenvalue weighted by atomic mass is 9.75. The fourth-order valence-electron chi connectivity index (χ4n) is 4.43. The number of terminal acetylenes is 1. The molecular weight excluding hydrogens is 402 g/mol. The van der Waals surface area contributed by atoms with Crippen molar-refractivity contribution in [2.45, 2.75) is 58.3 Å². The number of hydrogen-bond acceptors (Lipinski definition) is 4. The van der Waals surface area contributed by atoms with Crippen LogP contribution in [0.1, 0.15) is 84.9 Å². The second-order valence-electron chi connectivity index (χ2n) is 9.48. The molecule has 1 saturated heterocycles. The summed E-state index contributed by atoms with van der Waals surface area (Å²) in [5, 5.41) is 2.37. The van der Waals surface area contributed by atoms with Crippen LogP contribution in [0, 0.1) is 17.8 Å². The number of benzene rings is 1. The van der Waals surface area contributed by atoms with Gasteiger partial charge in [0, 0.05) is 25.2 Å². The Bertz CT molecular complexity index is 1150. The highest BCUT2D eigenvalue weighted by atomic mass is 16.2. The van der Waals surface area contributed by atoms with E-state index in [1.165, 1.54) is 11.8 Å². The van der Waals surface area contributed by atoms with E-state index in [-0.39, 0.29) is 54.0 Å². The number of nitrogens with one attached hydrogen (secondary N) is 2. The number of aromatic nitrogens is 2. The number of carbonyl (C=O) groups is 3. The number of amides is 2. The quantitative estimate of drug-likeness (QED) is 0.428. The largest absolute Gasteiger partial charge is 0.329 e. The number of piperidine rings is 1. The molecule has 1 aliphatic heterocycles.